The molecule has 1 aromatic heterocycles. The maximum atomic E-state index is 12.2. The average Bonchev–Trinajstić information content (AvgIpc) is 3.21. The minimum absolute atomic E-state index is 0.281. The number of ether oxygens (including phenoxy) is 1. The van der Waals surface area contributed by atoms with Crippen LogP contribution in [0.5, 0.6) is 0 Å². The molecule has 113 valence electrons. The van der Waals surface area contributed by atoms with Crippen molar-refractivity contribution in [2.75, 3.05) is 6.61 Å². The van der Waals surface area contributed by atoms with Crippen molar-refractivity contribution >= 4 is 28.8 Å². The second kappa shape index (κ2) is 5.24. The Labute approximate surface area is 132 Å². The number of carbonyl (C=O) groups is 1. The molecule has 0 amide bonds. The molecule has 6 nitrogen and oxygen atoms in total. The van der Waals surface area contributed by atoms with Crippen LogP contribution in [0.25, 0.3) is 22.0 Å². The van der Waals surface area contributed by atoms with Gasteiger partial charge in [-0.15, -0.1) is 0 Å². The van der Waals surface area contributed by atoms with Gasteiger partial charge in [0.25, 0.3) is 0 Å². The first kappa shape index (κ1) is 13.5. The fourth-order valence-corrected chi connectivity index (χ4v) is 2.77. The van der Waals surface area contributed by atoms with E-state index in [1.165, 1.54) is 0 Å². The van der Waals surface area contributed by atoms with Crippen molar-refractivity contribution in [3.63, 3.8) is 0 Å². The van der Waals surface area contributed by atoms with E-state index in [1.807, 2.05) is 36.4 Å². The normalized spacial score (nSPS) is 12.2. The van der Waals surface area contributed by atoms with E-state index in [1.54, 1.807) is 13.1 Å². The molecule has 0 bridgehead atoms. The number of nitrogens with one attached hydrogen (secondary N) is 1. The molecular weight excluding hydrogens is 292 g/mol. The van der Waals surface area contributed by atoms with Crippen LogP contribution in [0, 0.1) is 0 Å². The fourth-order valence-electron chi connectivity index (χ4n) is 2.77. The molecule has 6 heteroatoms. The molecule has 1 N–H and O–H groups in total. The van der Waals surface area contributed by atoms with E-state index in [0.29, 0.717) is 6.61 Å². The predicted molar refractivity (Wildman–Crippen MR) is 86.9 cm³/mol. The Morgan fingerprint density at radius 3 is 2.87 bits per heavy atom. The number of esters is 1. The topological polar surface area (TPSA) is 81.4 Å². The molecule has 1 aliphatic rings. The Morgan fingerprint density at radius 2 is 2.09 bits per heavy atom. The molecule has 23 heavy (non-hydrogen) atoms. The van der Waals surface area contributed by atoms with Gasteiger partial charge in [0.1, 0.15) is 0 Å². The Kier molecular flexibility index (Phi) is 3.08. The molecule has 0 saturated carbocycles. The lowest BCUT2D eigenvalue weighted by Gasteiger charge is -2.08. The van der Waals surface area contributed by atoms with Gasteiger partial charge in [-0.05, 0) is 24.1 Å². The van der Waals surface area contributed by atoms with Gasteiger partial charge in [-0.25, -0.2) is 4.79 Å². The zero-order chi connectivity index (χ0) is 15.8. The van der Waals surface area contributed by atoms with Gasteiger partial charge in [0.2, 0.25) is 0 Å². The first-order valence-corrected chi connectivity index (χ1v) is 7.31. The predicted octanol–water partition coefficient (Wildman–Crippen LogP) is 2.99. The summed E-state index contributed by atoms with van der Waals surface area (Å²) in [7, 11) is 0. The molecule has 0 saturated heterocycles. The van der Waals surface area contributed by atoms with Crippen LogP contribution in [0.3, 0.4) is 0 Å². The molecule has 0 spiro atoms. The summed E-state index contributed by atoms with van der Waals surface area (Å²) in [4.78, 5) is 12.2. The number of rotatable bonds is 3. The number of nitrogens with zero attached hydrogens (tertiary/aromatic N) is 3. The van der Waals surface area contributed by atoms with Gasteiger partial charge in [0.15, 0.2) is 5.69 Å². The summed E-state index contributed by atoms with van der Waals surface area (Å²) in [6.07, 6.45) is 1.67. The fraction of sp³-hybridized carbons (Fsp3) is 0.118. The third-order valence-corrected chi connectivity index (χ3v) is 3.77. The number of benzene rings is 2. The monoisotopic (exact) mass is 305 g/mol. The van der Waals surface area contributed by atoms with Gasteiger partial charge < -0.3 is 4.74 Å². The van der Waals surface area contributed by atoms with E-state index >= 15 is 0 Å². The van der Waals surface area contributed by atoms with E-state index in [9.17, 15) is 4.79 Å². The van der Waals surface area contributed by atoms with Crippen molar-refractivity contribution in [3.05, 3.63) is 47.7 Å². The van der Waals surface area contributed by atoms with Crippen LogP contribution in [0.1, 0.15) is 23.0 Å². The molecule has 2 aromatic carbocycles. The Morgan fingerprint density at radius 1 is 1.26 bits per heavy atom. The maximum Gasteiger partial charge on any atom is 0.359 e. The Balaban J connectivity index is 2.04. The molecular formula is C17H13N4O2. The van der Waals surface area contributed by atoms with E-state index in [-0.39, 0.29) is 5.69 Å². The van der Waals surface area contributed by atoms with Crippen molar-refractivity contribution in [3.8, 4) is 11.1 Å². The van der Waals surface area contributed by atoms with Gasteiger partial charge in [-0.2, -0.15) is 15.6 Å². The minimum atomic E-state index is -0.442. The van der Waals surface area contributed by atoms with Crippen molar-refractivity contribution in [2.24, 2.45) is 5.10 Å². The lowest BCUT2D eigenvalue weighted by atomic mass is 9.96. The van der Waals surface area contributed by atoms with E-state index in [0.717, 1.165) is 33.3 Å². The van der Waals surface area contributed by atoms with Crippen LogP contribution in [0.15, 0.2) is 41.5 Å². The summed E-state index contributed by atoms with van der Waals surface area (Å²) < 4.78 is 5.13. The van der Waals surface area contributed by atoms with Crippen molar-refractivity contribution < 1.29 is 9.53 Å². The zero-order valence-corrected chi connectivity index (χ0v) is 12.4. The van der Waals surface area contributed by atoms with Crippen molar-refractivity contribution in [1.82, 2.24) is 15.6 Å². The van der Waals surface area contributed by atoms with Crippen LogP contribution >= 0.6 is 0 Å². The zero-order valence-electron chi connectivity index (χ0n) is 12.4. The molecule has 3 aromatic rings. The summed E-state index contributed by atoms with van der Waals surface area (Å²) in [5.74, 6) is -0.442. The van der Waals surface area contributed by atoms with E-state index < -0.39 is 5.97 Å². The molecule has 0 unspecified atom stereocenters. The first-order valence-electron chi connectivity index (χ1n) is 7.31. The van der Waals surface area contributed by atoms with Gasteiger partial charge in [0.05, 0.1) is 24.0 Å². The van der Waals surface area contributed by atoms with Crippen LogP contribution in [0.2, 0.25) is 0 Å². The van der Waals surface area contributed by atoms with Crippen LogP contribution < -0.4 is 5.43 Å². The molecule has 2 heterocycles. The van der Waals surface area contributed by atoms with Gasteiger partial charge in [0, 0.05) is 10.9 Å². The quantitative estimate of drug-likeness (QED) is 0.755. The molecule has 4 rings (SSSR count). The highest BCUT2D eigenvalue weighted by molar-refractivity contribution is 6.15. The lowest BCUT2D eigenvalue weighted by molar-refractivity contribution is 0.0521. The van der Waals surface area contributed by atoms with Crippen LogP contribution in [-0.4, -0.2) is 29.0 Å². The number of hydrogen-bond acceptors (Lipinski definition) is 4. The summed E-state index contributed by atoms with van der Waals surface area (Å²) in [5, 5.41) is 11.8. The second-order valence-electron chi connectivity index (χ2n) is 5.11. The number of carbonyl (C=O) groups excluding carboxylic acids is 1. The molecule has 1 aliphatic heterocycles. The van der Waals surface area contributed by atoms with Crippen LogP contribution in [-0.2, 0) is 4.74 Å². The first-order chi connectivity index (χ1) is 11.3. The number of aromatic amines is 1. The number of fused-ring (bicyclic) bond motifs is 3. The van der Waals surface area contributed by atoms with Gasteiger partial charge in [-0.1, -0.05) is 30.3 Å². The third kappa shape index (κ3) is 2.07. The van der Waals surface area contributed by atoms with Crippen molar-refractivity contribution in [1.29, 1.82) is 0 Å². The summed E-state index contributed by atoms with van der Waals surface area (Å²) in [6.45, 7) is 2.07. The number of aromatic nitrogens is 2. The number of H-pyrrole nitrogens is 1. The highest BCUT2D eigenvalue weighted by atomic mass is 16.5. The van der Waals surface area contributed by atoms with Crippen molar-refractivity contribution in [2.45, 2.75) is 6.92 Å². The summed E-state index contributed by atoms with van der Waals surface area (Å²) in [6, 6.07) is 11.7. The second-order valence-corrected chi connectivity index (χ2v) is 5.11. The smallest absolute Gasteiger partial charge is 0.359 e. The number of hydrogen-bond donors (Lipinski definition) is 1. The summed E-state index contributed by atoms with van der Waals surface area (Å²) in [5.41, 5.74) is 8.61. The maximum absolute atomic E-state index is 12.2. The third-order valence-electron chi connectivity index (χ3n) is 3.77. The molecule has 1 radical (unpaired) electrons. The Bertz CT molecular complexity index is 929. The molecule has 0 atom stereocenters. The standard InChI is InChI=1S/C17H13N4O2/c1-2-23-17(22)16-14-11(10-6-4-3-5-7-10)8-13-12(9-18-19-13)15(14)20-21-16/h3-9H,2H2,1H3,(H,20,21). The lowest BCUT2D eigenvalue weighted by Crippen LogP contribution is -2.06. The summed E-state index contributed by atoms with van der Waals surface area (Å²) >= 11 is 0. The molecule has 0 aliphatic carbocycles. The SMILES string of the molecule is CCOC(=O)c1n[nH]c2c3c(cc(-c4ccccc4)c12)[N]N=C3. The minimum Gasteiger partial charge on any atom is -0.461 e. The van der Waals surface area contributed by atoms with Gasteiger partial charge >= 0.3 is 5.97 Å². The molecule has 0 fully saturated rings. The Hall–Kier alpha value is -3.15. The highest BCUT2D eigenvalue weighted by Crippen LogP contribution is 2.37. The average molecular weight is 305 g/mol. The van der Waals surface area contributed by atoms with E-state index in [2.05, 4.69) is 20.7 Å². The highest BCUT2D eigenvalue weighted by Gasteiger charge is 2.24. The largest absolute Gasteiger partial charge is 0.461 e. The van der Waals surface area contributed by atoms with Crippen LogP contribution in [0.4, 0.5) is 5.69 Å². The van der Waals surface area contributed by atoms with Gasteiger partial charge in [-0.3, -0.25) is 5.10 Å². The van der Waals surface area contributed by atoms with E-state index in [4.69, 9.17) is 4.74 Å².